The van der Waals surface area contributed by atoms with Crippen molar-refractivity contribution >= 4 is 11.6 Å². The van der Waals surface area contributed by atoms with Crippen molar-refractivity contribution < 1.29 is 13.9 Å². The minimum absolute atomic E-state index is 0.0127. The molecule has 5 heteroatoms. The van der Waals surface area contributed by atoms with E-state index in [2.05, 4.69) is 5.32 Å². The Morgan fingerprint density at radius 1 is 1.50 bits per heavy atom. The zero-order chi connectivity index (χ0) is 13.1. The molecule has 0 spiro atoms. The smallest absolute Gasteiger partial charge is 0.145 e. The number of benzene rings is 1. The van der Waals surface area contributed by atoms with Crippen LogP contribution in [0.4, 0.5) is 4.39 Å². The highest BCUT2D eigenvalue weighted by Crippen LogP contribution is 2.30. The zero-order valence-corrected chi connectivity index (χ0v) is 11.2. The van der Waals surface area contributed by atoms with Crippen molar-refractivity contribution in [2.24, 2.45) is 0 Å². The Hall–Kier alpha value is -0.840. The summed E-state index contributed by atoms with van der Waals surface area (Å²) in [5, 5.41) is 3.27. The Morgan fingerprint density at radius 3 is 2.89 bits per heavy atom. The van der Waals surface area contributed by atoms with Crippen LogP contribution in [-0.4, -0.2) is 31.9 Å². The minimum Gasteiger partial charge on any atom is -0.487 e. The summed E-state index contributed by atoms with van der Waals surface area (Å²) < 4.78 is 24.6. The molecule has 1 fully saturated rings. The molecular formula is C13H17ClFNO2. The first-order valence-corrected chi connectivity index (χ1v) is 6.44. The third-order valence-electron chi connectivity index (χ3n) is 3.16. The molecule has 3 unspecified atom stereocenters. The first-order chi connectivity index (χ1) is 8.65. The van der Waals surface area contributed by atoms with Gasteiger partial charge in [-0.05, 0) is 26.1 Å². The van der Waals surface area contributed by atoms with Crippen LogP contribution in [0.3, 0.4) is 0 Å². The van der Waals surface area contributed by atoms with Crippen LogP contribution in [0.25, 0.3) is 0 Å². The fourth-order valence-corrected chi connectivity index (χ4v) is 2.24. The van der Waals surface area contributed by atoms with Crippen molar-refractivity contribution in [1.82, 2.24) is 5.32 Å². The molecular weight excluding hydrogens is 257 g/mol. The van der Waals surface area contributed by atoms with Gasteiger partial charge in [0.25, 0.3) is 0 Å². The largest absolute Gasteiger partial charge is 0.487 e. The summed E-state index contributed by atoms with van der Waals surface area (Å²) in [5.74, 6) is 0.0211. The van der Waals surface area contributed by atoms with E-state index in [9.17, 15) is 4.39 Å². The minimum atomic E-state index is -0.466. The second-order valence-corrected chi connectivity index (χ2v) is 4.69. The Kier molecular flexibility index (Phi) is 4.43. The third kappa shape index (κ3) is 2.76. The van der Waals surface area contributed by atoms with Crippen molar-refractivity contribution in [2.45, 2.75) is 31.6 Å². The lowest BCUT2D eigenvalue weighted by molar-refractivity contribution is -0.103. The lowest BCUT2D eigenvalue weighted by Gasteiger charge is -2.43. The summed E-state index contributed by atoms with van der Waals surface area (Å²) in [4.78, 5) is 0. The van der Waals surface area contributed by atoms with Crippen LogP contribution in [0.2, 0.25) is 5.02 Å². The van der Waals surface area contributed by atoms with E-state index >= 15 is 0 Å². The van der Waals surface area contributed by atoms with E-state index in [0.29, 0.717) is 18.4 Å². The quantitative estimate of drug-likeness (QED) is 0.895. The third-order valence-corrected chi connectivity index (χ3v) is 3.46. The zero-order valence-electron chi connectivity index (χ0n) is 10.5. The van der Waals surface area contributed by atoms with Gasteiger partial charge in [0.1, 0.15) is 23.8 Å². The normalized spacial score (nSPS) is 26.8. The van der Waals surface area contributed by atoms with Crippen molar-refractivity contribution in [3.63, 3.8) is 0 Å². The van der Waals surface area contributed by atoms with E-state index in [1.807, 2.05) is 14.0 Å². The molecule has 0 bridgehead atoms. The number of hydrogen-bond acceptors (Lipinski definition) is 3. The van der Waals surface area contributed by atoms with Crippen LogP contribution in [-0.2, 0) is 4.74 Å². The van der Waals surface area contributed by atoms with Gasteiger partial charge >= 0.3 is 0 Å². The fraction of sp³-hybridized carbons (Fsp3) is 0.538. The summed E-state index contributed by atoms with van der Waals surface area (Å²) in [6, 6.07) is 4.77. The Labute approximate surface area is 111 Å². The molecule has 1 aromatic carbocycles. The molecule has 0 aliphatic heterocycles. The Bertz CT molecular complexity index is 416. The fourth-order valence-electron chi connectivity index (χ4n) is 2.12. The maximum atomic E-state index is 13.3. The first kappa shape index (κ1) is 13.6. The van der Waals surface area contributed by atoms with Gasteiger partial charge in [-0.2, -0.15) is 0 Å². The predicted octanol–water partition coefficient (Wildman–Crippen LogP) is 2.62. The highest BCUT2D eigenvalue weighted by Gasteiger charge is 2.42. The van der Waals surface area contributed by atoms with E-state index in [0.717, 1.165) is 6.42 Å². The van der Waals surface area contributed by atoms with Gasteiger partial charge in [0.05, 0.1) is 5.02 Å². The lowest BCUT2D eigenvalue weighted by atomic mass is 9.85. The molecule has 100 valence electrons. The van der Waals surface area contributed by atoms with Crippen molar-refractivity contribution in [3.05, 3.63) is 29.0 Å². The van der Waals surface area contributed by atoms with Gasteiger partial charge in [-0.25, -0.2) is 4.39 Å². The molecule has 1 aliphatic carbocycles. The number of halogens is 2. The van der Waals surface area contributed by atoms with E-state index in [4.69, 9.17) is 21.1 Å². The first-order valence-electron chi connectivity index (χ1n) is 6.06. The number of nitrogens with one attached hydrogen (secondary N) is 1. The molecule has 0 amide bonds. The summed E-state index contributed by atoms with van der Waals surface area (Å²) >= 11 is 5.62. The van der Waals surface area contributed by atoms with Crippen LogP contribution in [0, 0.1) is 5.82 Å². The molecule has 1 saturated carbocycles. The molecule has 18 heavy (non-hydrogen) atoms. The summed E-state index contributed by atoms with van der Waals surface area (Å²) in [6.45, 7) is 2.59. The monoisotopic (exact) mass is 273 g/mol. The number of ether oxygens (including phenoxy) is 2. The van der Waals surface area contributed by atoms with Crippen molar-refractivity contribution in [3.8, 4) is 5.75 Å². The number of hydrogen-bond donors (Lipinski definition) is 1. The lowest BCUT2D eigenvalue weighted by Crippen LogP contribution is -2.60. The summed E-state index contributed by atoms with van der Waals surface area (Å²) in [7, 11) is 1.90. The number of likely N-dealkylation sites (N-methyl/N-ethyl adjacent to an activating group) is 1. The average Bonchev–Trinajstić information content (AvgIpc) is 2.35. The molecule has 0 heterocycles. The second-order valence-electron chi connectivity index (χ2n) is 4.28. The van der Waals surface area contributed by atoms with Crippen LogP contribution in [0.15, 0.2) is 18.2 Å². The summed E-state index contributed by atoms with van der Waals surface area (Å²) in [6.07, 6.45) is 0.826. The van der Waals surface area contributed by atoms with E-state index < -0.39 is 5.82 Å². The van der Waals surface area contributed by atoms with Crippen LogP contribution in [0.5, 0.6) is 5.75 Å². The van der Waals surface area contributed by atoms with Crippen LogP contribution >= 0.6 is 11.6 Å². The topological polar surface area (TPSA) is 30.5 Å². The maximum Gasteiger partial charge on any atom is 0.145 e. The highest BCUT2D eigenvalue weighted by atomic mass is 35.5. The van der Waals surface area contributed by atoms with Gasteiger partial charge in [0.2, 0.25) is 0 Å². The van der Waals surface area contributed by atoms with Crippen LogP contribution < -0.4 is 10.1 Å². The predicted molar refractivity (Wildman–Crippen MR) is 68.7 cm³/mol. The average molecular weight is 274 g/mol. The Balaban J connectivity index is 1.99. The van der Waals surface area contributed by atoms with Gasteiger partial charge in [-0.3, -0.25) is 0 Å². The highest BCUT2D eigenvalue weighted by molar-refractivity contribution is 6.30. The van der Waals surface area contributed by atoms with Gasteiger partial charge in [0.15, 0.2) is 0 Å². The van der Waals surface area contributed by atoms with E-state index in [1.165, 1.54) is 12.1 Å². The van der Waals surface area contributed by atoms with Gasteiger partial charge in [0, 0.05) is 25.1 Å². The molecule has 1 aliphatic rings. The van der Waals surface area contributed by atoms with Crippen molar-refractivity contribution in [1.29, 1.82) is 0 Å². The molecule has 0 saturated heterocycles. The Morgan fingerprint density at radius 2 is 2.28 bits per heavy atom. The molecule has 2 rings (SSSR count). The molecule has 0 aromatic heterocycles. The standard InChI is InChI=1S/C13H17ClFNO2/c1-3-17-13-11(16-2)7-12(13)18-8-4-5-9(14)10(15)6-8/h4-6,11-13,16H,3,7H2,1-2H3. The molecule has 1 N–H and O–H groups in total. The number of rotatable bonds is 5. The molecule has 0 radical (unpaired) electrons. The molecule has 3 atom stereocenters. The maximum absolute atomic E-state index is 13.3. The van der Waals surface area contributed by atoms with Gasteiger partial charge in [-0.15, -0.1) is 0 Å². The second kappa shape index (κ2) is 5.87. The van der Waals surface area contributed by atoms with Gasteiger partial charge in [-0.1, -0.05) is 11.6 Å². The SMILES string of the molecule is CCOC1C(NC)CC1Oc1ccc(Cl)c(F)c1. The van der Waals surface area contributed by atoms with Crippen molar-refractivity contribution in [2.75, 3.05) is 13.7 Å². The van der Waals surface area contributed by atoms with E-state index in [1.54, 1.807) is 6.07 Å². The van der Waals surface area contributed by atoms with Crippen LogP contribution in [0.1, 0.15) is 13.3 Å². The van der Waals surface area contributed by atoms with E-state index in [-0.39, 0.29) is 17.2 Å². The summed E-state index contributed by atoms with van der Waals surface area (Å²) in [5.41, 5.74) is 0. The van der Waals surface area contributed by atoms with Gasteiger partial charge < -0.3 is 14.8 Å². The molecule has 1 aromatic rings. The molecule has 3 nitrogen and oxygen atoms in total.